The molecule has 0 aliphatic rings. The maximum absolute atomic E-state index is 13.9. The molecule has 2 aromatic heterocycles. The smallest absolute Gasteiger partial charge is 0.355 e. The van der Waals surface area contributed by atoms with Crippen LogP contribution in [0, 0.1) is 0 Å². The summed E-state index contributed by atoms with van der Waals surface area (Å²) in [6.45, 7) is 0. The SMILES string of the molecule is OC(O)(c1cc2c(C(F)(F)F)nc(-c3ccc(Cl)cc3)nc2c2cccnc12)C(F)(F)F. The Hall–Kier alpha value is -3.02. The minimum Gasteiger partial charge on any atom is -0.355 e. The molecule has 0 aliphatic heterocycles. The van der Waals surface area contributed by atoms with Crippen molar-refractivity contribution in [2.75, 3.05) is 0 Å². The molecule has 2 N–H and O–H groups in total. The molecule has 32 heavy (non-hydrogen) atoms. The van der Waals surface area contributed by atoms with E-state index in [9.17, 15) is 36.6 Å². The first kappa shape index (κ1) is 22.2. The summed E-state index contributed by atoms with van der Waals surface area (Å²) in [7, 11) is 0. The number of alkyl halides is 6. The normalized spacial score (nSPS) is 13.2. The van der Waals surface area contributed by atoms with Crippen molar-refractivity contribution in [3.63, 3.8) is 0 Å². The van der Waals surface area contributed by atoms with E-state index in [1.54, 1.807) is 0 Å². The highest BCUT2D eigenvalue weighted by Gasteiger charge is 2.55. The standard InChI is InChI=1S/C20H10ClF6N3O2/c21-10-5-3-9(4-6-10)17-29-14-11-2-1-7-28-15(11)13(18(31,32)20(25,26)27)8-12(14)16(30-17)19(22,23)24/h1-8,31-32H. The summed E-state index contributed by atoms with van der Waals surface area (Å²) in [5.74, 6) is -4.82. The molecule has 12 heteroatoms. The van der Waals surface area contributed by atoms with Crippen molar-refractivity contribution in [3.8, 4) is 11.4 Å². The number of nitrogens with zero attached hydrogens (tertiary/aromatic N) is 3. The highest BCUT2D eigenvalue weighted by molar-refractivity contribution is 6.30. The average Bonchev–Trinajstić information content (AvgIpc) is 2.71. The summed E-state index contributed by atoms with van der Waals surface area (Å²) in [4.78, 5) is 11.4. The predicted molar refractivity (Wildman–Crippen MR) is 102 cm³/mol. The number of rotatable bonds is 2. The van der Waals surface area contributed by atoms with E-state index >= 15 is 0 Å². The minimum atomic E-state index is -5.62. The first-order chi connectivity index (χ1) is 14.8. The van der Waals surface area contributed by atoms with Crippen LogP contribution < -0.4 is 0 Å². The molecule has 166 valence electrons. The second-order valence-corrected chi connectivity index (χ2v) is 7.23. The molecule has 2 heterocycles. The van der Waals surface area contributed by atoms with Crippen LogP contribution in [-0.2, 0) is 12.0 Å². The van der Waals surface area contributed by atoms with Crippen LogP contribution in [0.4, 0.5) is 26.3 Å². The van der Waals surface area contributed by atoms with Crippen LogP contribution >= 0.6 is 11.6 Å². The summed E-state index contributed by atoms with van der Waals surface area (Å²) in [6, 6.07) is 8.40. The van der Waals surface area contributed by atoms with Crippen molar-refractivity contribution in [1.82, 2.24) is 15.0 Å². The average molecular weight is 474 g/mol. The molecule has 0 radical (unpaired) electrons. The fourth-order valence-corrected chi connectivity index (χ4v) is 3.32. The van der Waals surface area contributed by atoms with Crippen LogP contribution in [-0.4, -0.2) is 31.3 Å². The van der Waals surface area contributed by atoms with E-state index in [4.69, 9.17) is 11.6 Å². The Morgan fingerprint density at radius 2 is 1.47 bits per heavy atom. The van der Waals surface area contributed by atoms with Crippen molar-refractivity contribution in [2.24, 2.45) is 0 Å². The number of hydrogen-bond donors (Lipinski definition) is 2. The molecule has 2 aromatic carbocycles. The van der Waals surface area contributed by atoms with Gasteiger partial charge < -0.3 is 10.2 Å². The molecule has 0 saturated heterocycles. The molecule has 0 atom stereocenters. The zero-order valence-corrected chi connectivity index (χ0v) is 16.3. The lowest BCUT2D eigenvalue weighted by Gasteiger charge is -2.26. The number of halogens is 7. The molecule has 0 aliphatic carbocycles. The van der Waals surface area contributed by atoms with Gasteiger partial charge in [-0.3, -0.25) is 4.98 Å². The van der Waals surface area contributed by atoms with Crippen LogP contribution in [0.25, 0.3) is 33.2 Å². The van der Waals surface area contributed by atoms with Gasteiger partial charge in [0.1, 0.15) is 0 Å². The van der Waals surface area contributed by atoms with E-state index in [1.165, 1.54) is 36.4 Å². The summed E-state index contributed by atoms with van der Waals surface area (Å²) < 4.78 is 81.5. The van der Waals surface area contributed by atoms with Gasteiger partial charge >= 0.3 is 12.4 Å². The Bertz CT molecular complexity index is 1340. The third kappa shape index (κ3) is 3.61. The maximum atomic E-state index is 13.9. The van der Waals surface area contributed by atoms with Gasteiger partial charge in [-0.1, -0.05) is 11.6 Å². The van der Waals surface area contributed by atoms with E-state index < -0.39 is 40.3 Å². The Labute approximate surface area is 179 Å². The van der Waals surface area contributed by atoms with E-state index in [1.807, 2.05) is 0 Å². The number of benzene rings is 2. The van der Waals surface area contributed by atoms with E-state index in [2.05, 4.69) is 15.0 Å². The van der Waals surface area contributed by atoms with Crippen molar-refractivity contribution < 1.29 is 36.6 Å². The van der Waals surface area contributed by atoms with Crippen molar-refractivity contribution in [3.05, 3.63) is 64.9 Å². The molecule has 0 unspecified atom stereocenters. The third-order valence-corrected chi connectivity index (χ3v) is 4.95. The number of hydrogen-bond acceptors (Lipinski definition) is 5. The van der Waals surface area contributed by atoms with Crippen LogP contribution in [0.15, 0.2) is 48.7 Å². The van der Waals surface area contributed by atoms with Crippen LogP contribution in [0.1, 0.15) is 11.3 Å². The van der Waals surface area contributed by atoms with Crippen molar-refractivity contribution >= 4 is 33.4 Å². The fraction of sp³-hybridized carbons (Fsp3) is 0.150. The molecular weight excluding hydrogens is 464 g/mol. The molecule has 5 nitrogen and oxygen atoms in total. The Morgan fingerprint density at radius 3 is 2.06 bits per heavy atom. The highest BCUT2D eigenvalue weighted by atomic mass is 35.5. The van der Waals surface area contributed by atoms with Gasteiger partial charge in [0.15, 0.2) is 11.5 Å². The topological polar surface area (TPSA) is 79.1 Å². The van der Waals surface area contributed by atoms with Gasteiger partial charge in [-0.25, -0.2) is 9.97 Å². The van der Waals surface area contributed by atoms with Gasteiger partial charge in [0.05, 0.1) is 11.0 Å². The summed E-state index contributed by atoms with van der Waals surface area (Å²) >= 11 is 5.80. The van der Waals surface area contributed by atoms with Crippen molar-refractivity contribution in [1.29, 1.82) is 0 Å². The maximum Gasteiger partial charge on any atom is 0.447 e. The number of aliphatic hydroxyl groups is 2. The van der Waals surface area contributed by atoms with E-state index in [-0.39, 0.29) is 22.3 Å². The summed E-state index contributed by atoms with van der Waals surface area (Å²) in [6.07, 6.45) is -9.65. The van der Waals surface area contributed by atoms with Crippen LogP contribution in [0.5, 0.6) is 0 Å². The molecule has 4 rings (SSSR count). The Kier molecular flexibility index (Phi) is 5.03. The molecular formula is C20H10ClF6N3O2. The van der Waals surface area contributed by atoms with Gasteiger partial charge in [-0.2, -0.15) is 26.3 Å². The number of fused-ring (bicyclic) bond motifs is 3. The fourth-order valence-electron chi connectivity index (χ4n) is 3.20. The number of pyridine rings is 1. The molecule has 0 spiro atoms. The first-order valence-electron chi connectivity index (χ1n) is 8.75. The molecule has 4 aromatic rings. The van der Waals surface area contributed by atoms with Crippen LogP contribution in [0.2, 0.25) is 5.02 Å². The molecule has 0 bridgehead atoms. The Balaban J connectivity index is 2.17. The van der Waals surface area contributed by atoms with E-state index in [0.717, 1.165) is 6.20 Å². The van der Waals surface area contributed by atoms with Gasteiger partial charge in [-0.15, -0.1) is 0 Å². The highest BCUT2D eigenvalue weighted by Crippen LogP contribution is 2.43. The third-order valence-electron chi connectivity index (χ3n) is 4.69. The predicted octanol–water partition coefficient (Wildman–Crippen LogP) is 5.22. The van der Waals surface area contributed by atoms with Crippen LogP contribution in [0.3, 0.4) is 0 Å². The lowest BCUT2D eigenvalue weighted by atomic mass is 9.97. The second kappa shape index (κ2) is 7.26. The lowest BCUT2D eigenvalue weighted by Crippen LogP contribution is -2.42. The summed E-state index contributed by atoms with van der Waals surface area (Å²) in [5.41, 5.74) is -3.57. The molecule has 0 amide bonds. The largest absolute Gasteiger partial charge is 0.447 e. The second-order valence-electron chi connectivity index (χ2n) is 6.79. The zero-order chi connectivity index (χ0) is 23.5. The monoisotopic (exact) mass is 473 g/mol. The van der Waals surface area contributed by atoms with Gasteiger partial charge in [0.25, 0.3) is 5.79 Å². The first-order valence-corrected chi connectivity index (χ1v) is 9.13. The summed E-state index contributed by atoms with van der Waals surface area (Å²) in [5, 5.41) is 18.8. The Morgan fingerprint density at radius 1 is 0.812 bits per heavy atom. The van der Waals surface area contributed by atoms with Crippen molar-refractivity contribution in [2.45, 2.75) is 18.1 Å². The lowest BCUT2D eigenvalue weighted by molar-refractivity contribution is -0.357. The van der Waals surface area contributed by atoms with Gasteiger partial charge in [0, 0.05) is 33.1 Å². The molecule has 0 saturated carbocycles. The minimum absolute atomic E-state index is 0.178. The zero-order valence-electron chi connectivity index (χ0n) is 15.5. The van der Waals surface area contributed by atoms with E-state index in [0.29, 0.717) is 11.1 Å². The molecule has 0 fully saturated rings. The van der Waals surface area contributed by atoms with Gasteiger partial charge in [0.2, 0.25) is 0 Å². The quantitative estimate of drug-likeness (QED) is 0.237. The van der Waals surface area contributed by atoms with Gasteiger partial charge in [-0.05, 0) is 42.5 Å². The number of aromatic nitrogens is 3.